The molecule has 0 N–H and O–H groups in total. The fourth-order valence-corrected chi connectivity index (χ4v) is 2.54. The first-order valence-corrected chi connectivity index (χ1v) is 6.70. The Morgan fingerprint density at radius 1 is 1.56 bits per heavy atom. The third kappa shape index (κ3) is 2.68. The number of hydrogen-bond donors (Lipinski definition) is 0. The van der Waals surface area contributed by atoms with E-state index in [9.17, 15) is 4.79 Å². The summed E-state index contributed by atoms with van der Waals surface area (Å²) in [6, 6.07) is 7.64. The summed E-state index contributed by atoms with van der Waals surface area (Å²) in [6.07, 6.45) is 1.01. The highest BCUT2D eigenvalue weighted by Crippen LogP contribution is 2.20. The number of benzene rings is 1. The highest BCUT2D eigenvalue weighted by molar-refractivity contribution is 6.17. The van der Waals surface area contributed by atoms with E-state index in [1.807, 2.05) is 38.2 Å². The number of hydrogen-bond acceptors (Lipinski definition) is 2. The van der Waals surface area contributed by atoms with Gasteiger partial charge in [-0.2, -0.15) is 0 Å². The molecule has 0 bridgehead atoms. The molecule has 2 unspecified atom stereocenters. The molecule has 0 aliphatic carbocycles. The highest BCUT2D eigenvalue weighted by Gasteiger charge is 2.30. The van der Waals surface area contributed by atoms with Crippen molar-refractivity contribution in [3.63, 3.8) is 0 Å². The lowest BCUT2D eigenvalue weighted by Gasteiger charge is -2.27. The maximum absolute atomic E-state index is 12.4. The Labute approximate surface area is 113 Å². The molecule has 2 atom stereocenters. The first-order valence-electron chi connectivity index (χ1n) is 6.17. The number of carbonyl (C=O) groups is 1. The number of carbonyl (C=O) groups excluding carboxylic acids is 1. The molecule has 1 aliphatic rings. The summed E-state index contributed by atoms with van der Waals surface area (Å²) in [5.41, 5.74) is 1.65. The first-order chi connectivity index (χ1) is 8.63. The minimum absolute atomic E-state index is 0.0318. The van der Waals surface area contributed by atoms with Gasteiger partial charge in [0.2, 0.25) is 0 Å². The summed E-state index contributed by atoms with van der Waals surface area (Å²) in [5, 5.41) is 0. The summed E-state index contributed by atoms with van der Waals surface area (Å²) in [5.74, 6) is 0.456. The summed E-state index contributed by atoms with van der Waals surface area (Å²) < 4.78 is 5.50. The lowest BCUT2D eigenvalue weighted by atomic mass is 10.1. The monoisotopic (exact) mass is 267 g/mol. The summed E-state index contributed by atoms with van der Waals surface area (Å²) in [7, 11) is 1.84. The van der Waals surface area contributed by atoms with Crippen molar-refractivity contribution in [2.75, 3.05) is 13.7 Å². The molecule has 0 aromatic heterocycles. The number of rotatable bonds is 3. The van der Waals surface area contributed by atoms with Gasteiger partial charge in [0.1, 0.15) is 0 Å². The molecule has 0 radical (unpaired) electrons. The Morgan fingerprint density at radius 3 is 2.94 bits per heavy atom. The molecule has 0 spiro atoms. The Balaban J connectivity index is 2.14. The van der Waals surface area contributed by atoms with Gasteiger partial charge in [0.15, 0.2) is 0 Å². The number of amides is 1. The summed E-state index contributed by atoms with van der Waals surface area (Å²) in [6.45, 7) is 2.74. The van der Waals surface area contributed by atoms with Crippen LogP contribution in [0.3, 0.4) is 0 Å². The Hall–Kier alpha value is -1.06. The maximum atomic E-state index is 12.4. The molecule has 18 heavy (non-hydrogen) atoms. The average molecular weight is 268 g/mol. The molecule has 1 aromatic rings. The molecule has 1 fully saturated rings. The lowest BCUT2D eigenvalue weighted by molar-refractivity contribution is 0.0574. The van der Waals surface area contributed by atoms with Crippen LogP contribution >= 0.6 is 11.6 Å². The zero-order valence-corrected chi connectivity index (χ0v) is 11.5. The van der Waals surface area contributed by atoms with Crippen LogP contribution in [-0.4, -0.2) is 36.6 Å². The number of nitrogens with zero attached hydrogens (tertiary/aromatic N) is 1. The third-order valence-corrected chi connectivity index (χ3v) is 3.79. The van der Waals surface area contributed by atoms with E-state index in [1.165, 1.54) is 0 Å². The molecule has 1 saturated heterocycles. The van der Waals surface area contributed by atoms with Crippen LogP contribution in [0.5, 0.6) is 0 Å². The summed E-state index contributed by atoms with van der Waals surface area (Å²) in [4.78, 5) is 14.2. The van der Waals surface area contributed by atoms with Crippen molar-refractivity contribution in [2.45, 2.75) is 31.4 Å². The Bertz CT molecular complexity index is 436. The fourth-order valence-electron chi connectivity index (χ4n) is 2.37. The second kappa shape index (κ2) is 5.72. The zero-order valence-electron chi connectivity index (χ0n) is 10.7. The van der Waals surface area contributed by atoms with Crippen molar-refractivity contribution in [1.29, 1.82) is 0 Å². The second-order valence-electron chi connectivity index (χ2n) is 4.68. The molecule has 1 heterocycles. The number of halogens is 1. The van der Waals surface area contributed by atoms with Crippen LogP contribution in [0, 0.1) is 0 Å². The molecule has 1 aromatic carbocycles. The van der Waals surface area contributed by atoms with Crippen LogP contribution < -0.4 is 0 Å². The minimum atomic E-state index is 0.0318. The van der Waals surface area contributed by atoms with Gasteiger partial charge in [-0.05, 0) is 31.0 Å². The van der Waals surface area contributed by atoms with Gasteiger partial charge in [-0.15, -0.1) is 11.6 Å². The van der Waals surface area contributed by atoms with E-state index in [1.54, 1.807) is 4.90 Å². The molecule has 1 amide bonds. The quantitative estimate of drug-likeness (QED) is 0.788. The topological polar surface area (TPSA) is 29.5 Å². The summed E-state index contributed by atoms with van der Waals surface area (Å²) >= 11 is 5.79. The van der Waals surface area contributed by atoms with Gasteiger partial charge in [-0.1, -0.05) is 12.1 Å². The maximum Gasteiger partial charge on any atom is 0.253 e. The smallest absolute Gasteiger partial charge is 0.253 e. The number of alkyl halides is 1. The van der Waals surface area contributed by atoms with Gasteiger partial charge >= 0.3 is 0 Å². The van der Waals surface area contributed by atoms with Crippen LogP contribution in [0.2, 0.25) is 0 Å². The van der Waals surface area contributed by atoms with E-state index >= 15 is 0 Å². The van der Waals surface area contributed by atoms with Crippen LogP contribution in [-0.2, 0) is 10.6 Å². The zero-order chi connectivity index (χ0) is 13.1. The number of likely N-dealkylation sites (N-methyl/N-ethyl adjacent to an activating group) is 1. The normalized spacial score (nSPS) is 23.1. The van der Waals surface area contributed by atoms with Crippen LogP contribution in [0.15, 0.2) is 24.3 Å². The van der Waals surface area contributed by atoms with Crippen LogP contribution in [0.1, 0.15) is 29.3 Å². The molecule has 0 saturated carbocycles. The Kier molecular flexibility index (Phi) is 4.25. The van der Waals surface area contributed by atoms with Crippen molar-refractivity contribution in [1.82, 2.24) is 4.90 Å². The average Bonchev–Trinajstić information content (AvgIpc) is 2.83. The van der Waals surface area contributed by atoms with E-state index in [4.69, 9.17) is 16.3 Å². The highest BCUT2D eigenvalue weighted by atomic mass is 35.5. The third-order valence-electron chi connectivity index (χ3n) is 3.48. The number of ether oxygens (including phenoxy) is 1. The van der Waals surface area contributed by atoms with Gasteiger partial charge in [-0.25, -0.2) is 0 Å². The first kappa shape index (κ1) is 13.4. The fraction of sp³-hybridized carbons (Fsp3) is 0.500. The molecule has 3 nitrogen and oxygen atoms in total. The van der Waals surface area contributed by atoms with Crippen molar-refractivity contribution >= 4 is 17.5 Å². The molecular weight excluding hydrogens is 250 g/mol. The lowest BCUT2D eigenvalue weighted by Crippen LogP contribution is -2.41. The van der Waals surface area contributed by atoms with E-state index in [0.717, 1.165) is 18.6 Å². The second-order valence-corrected chi connectivity index (χ2v) is 4.95. The van der Waals surface area contributed by atoms with E-state index in [-0.39, 0.29) is 18.1 Å². The van der Waals surface area contributed by atoms with Gasteiger partial charge in [0, 0.05) is 25.1 Å². The van der Waals surface area contributed by atoms with Crippen molar-refractivity contribution in [3.05, 3.63) is 35.4 Å². The molecule has 98 valence electrons. The molecule has 1 aliphatic heterocycles. The predicted octanol–water partition coefficient (Wildman–Crippen LogP) is 2.67. The minimum Gasteiger partial charge on any atom is -0.376 e. The van der Waals surface area contributed by atoms with Crippen molar-refractivity contribution < 1.29 is 9.53 Å². The van der Waals surface area contributed by atoms with Gasteiger partial charge in [0.25, 0.3) is 5.91 Å². The van der Waals surface area contributed by atoms with Gasteiger partial charge in [-0.3, -0.25) is 4.79 Å². The standard InChI is InChI=1S/C14H18ClNO2/c1-10-13(6-7-18-10)16(2)14(17)12-5-3-4-11(8-12)9-15/h3-5,8,10,13H,6-7,9H2,1-2H3. The van der Waals surface area contributed by atoms with Crippen LogP contribution in [0.25, 0.3) is 0 Å². The molecular formula is C14H18ClNO2. The van der Waals surface area contributed by atoms with Gasteiger partial charge in [0.05, 0.1) is 12.1 Å². The molecule has 2 rings (SSSR count). The SMILES string of the molecule is CC1OCCC1N(C)C(=O)c1cccc(CCl)c1. The van der Waals surface area contributed by atoms with E-state index in [0.29, 0.717) is 11.4 Å². The van der Waals surface area contributed by atoms with Crippen molar-refractivity contribution in [3.8, 4) is 0 Å². The Morgan fingerprint density at radius 2 is 2.33 bits per heavy atom. The van der Waals surface area contributed by atoms with E-state index in [2.05, 4.69) is 0 Å². The van der Waals surface area contributed by atoms with Crippen molar-refractivity contribution in [2.24, 2.45) is 0 Å². The predicted molar refractivity (Wildman–Crippen MR) is 71.9 cm³/mol. The van der Waals surface area contributed by atoms with Gasteiger partial charge < -0.3 is 9.64 Å². The molecule has 4 heteroatoms. The van der Waals surface area contributed by atoms with E-state index < -0.39 is 0 Å². The van der Waals surface area contributed by atoms with Crippen LogP contribution in [0.4, 0.5) is 0 Å². The largest absolute Gasteiger partial charge is 0.376 e.